The van der Waals surface area contributed by atoms with E-state index in [4.69, 9.17) is 35.7 Å². The number of hydrogen-bond donors (Lipinski definition) is 1. The number of carbonyl (C=O) groups excluding carboxylic acids is 2. The van der Waals surface area contributed by atoms with Crippen molar-refractivity contribution in [1.82, 2.24) is 4.90 Å². The quantitative estimate of drug-likeness (QED) is 0.284. The Morgan fingerprint density at radius 3 is 1.87 bits per heavy atom. The zero-order valence-corrected chi connectivity index (χ0v) is 21.6. The molecule has 0 aliphatic carbocycles. The SMILES string of the molecule is COc1ccc(COc2ccc(C(=O)C(=O)N3CC(C(=O)O)C3)c(Cl)c2OCc2ccc(OC)cc2)cc1. The van der Waals surface area contributed by atoms with Crippen LogP contribution in [0.15, 0.2) is 60.7 Å². The molecule has 0 atom stereocenters. The molecule has 4 rings (SSSR count). The van der Waals surface area contributed by atoms with Crippen LogP contribution in [0.4, 0.5) is 0 Å². The Bertz CT molecular complexity index is 1320. The van der Waals surface area contributed by atoms with E-state index in [0.717, 1.165) is 11.1 Å². The van der Waals surface area contributed by atoms with Crippen molar-refractivity contribution in [2.24, 2.45) is 5.92 Å². The molecular formula is C28H26ClNO8. The fourth-order valence-electron chi connectivity index (χ4n) is 3.78. The Labute approximate surface area is 224 Å². The molecule has 9 nitrogen and oxygen atoms in total. The minimum absolute atomic E-state index is 0.0264. The largest absolute Gasteiger partial charge is 0.497 e. The Morgan fingerprint density at radius 2 is 1.37 bits per heavy atom. The Kier molecular flexibility index (Phi) is 8.38. The number of carboxylic acids is 1. The molecule has 3 aromatic rings. The van der Waals surface area contributed by atoms with Gasteiger partial charge in [0.05, 0.1) is 30.7 Å². The summed E-state index contributed by atoms with van der Waals surface area (Å²) in [6.45, 7) is 0.249. The zero-order chi connectivity index (χ0) is 27.2. The number of halogens is 1. The van der Waals surface area contributed by atoms with Crippen molar-refractivity contribution < 1.29 is 38.4 Å². The first kappa shape index (κ1) is 26.8. The highest BCUT2D eigenvalue weighted by molar-refractivity contribution is 6.47. The summed E-state index contributed by atoms with van der Waals surface area (Å²) in [5.74, 6) is -1.55. The molecule has 1 heterocycles. The van der Waals surface area contributed by atoms with Crippen LogP contribution in [0.5, 0.6) is 23.0 Å². The molecule has 38 heavy (non-hydrogen) atoms. The van der Waals surface area contributed by atoms with Crippen LogP contribution < -0.4 is 18.9 Å². The summed E-state index contributed by atoms with van der Waals surface area (Å²) in [5, 5.41) is 8.98. The van der Waals surface area contributed by atoms with Crippen LogP contribution in [-0.4, -0.2) is 55.0 Å². The monoisotopic (exact) mass is 539 g/mol. The molecule has 0 saturated carbocycles. The topological polar surface area (TPSA) is 112 Å². The van der Waals surface area contributed by atoms with E-state index in [1.807, 2.05) is 36.4 Å². The molecule has 1 N–H and O–H groups in total. The number of amides is 1. The number of likely N-dealkylation sites (tertiary alicyclic amines) is 1. The molecule has 0 bridgehead atoms. The first-order valence-electron chi connectivity index (χ1n) is 11.7. The third-order valence-electron chi connectivity index (χ3n) is 6.11. The lowest BCUT2D eigenvalue weighted by atomic mass is 9.98. The van der Waals surface area contributed by atoms with Crippen molar-refractivity contribution in [3.63, 3.8) is 0 Å². The number of ketones is 1. The summed E-state index contributed by atoms with van der Waals surface area (Å²) in [6.07, 6.45) is 0. The smallest absolute Gasteiger partial charge is 0.310 e. The van der Waals surface area contributed by atoms with Crippen LogP contribution in [-0.2, 0) is 22.8 Å². The summed E-state index contributed by atoms with van der Waals surface area (Å²) in [6, 6.07) is 17.5. The second-order valence-electron chi connectivity index (χ2n) is 8.60. The summed E-state index contributed by atoms with van der Waals surface area (Å²) >= 11 is 6.61. The van der Waals surface area contributed by atoms with Gasteiger partial charge in [-0.25, -0.2) is 0 Å². The summed E-state index contributed by atoms with van der Waals surface area (Å²) in [5.41, 5.74) is 1.62. The highest BCUT2D eigenvalue weighted by Gasteiger charge is 2.39. The molecule has 0 radical (unpaired) electrons. The molecule has 0 aromatic heterocycles. The first-order valence-corrected chi connectivity index (χ1v) is 12.1. The van der Waals surface area contributed by atoms with E-state index in [-0.39, 0.29) is 42.6 Å². The van der Waals surface area contributed by atoms with Crippen LogP contribution in [0.25, 0.3) is 0 Å². The number of carboxylic acid groups (broad SMARTS) is 1. The van der Waals surface area contributed by atoms with Gasteiger partial charge in [0.2, 0.25) is 0 Å². The maximum absolute atomic E-state index is 13.0. The number of carbonyl (C=O) groups is 3. The molecule has 0 spiro atoms. The summed E-state index contributed by atoms with van der Waals surface area (Å²) < 4.78 is 22.3. The highest BCUT2D eigenvalue weighted by Crippen LogP contribution is 2.39. The maximum atomic E-state index is 13.0. The number of nitrogens with zero attached hydrogens (tertiary/aromatic N) is 1. The lowest BCUT2D eigenvalue weighted by molar-refractivity contribution is -0.151. The molecule has 1 aliphatic heterocycles. The van der Waals surface area contributed by atoms with E-state index < -0.39 is 23.6 Å². The van der Waals surface area contributed by atoms with Crippen LogP contribution in [0.3, 0.4) is 0 Å². The molecule has 0 unspecified atom stereocenters. The fourth-order valence-corrected chi connectivity index (χ4v) is 4.08. The van der Waals surface area contributed by atoms with Gasteiger partial charge < -0.3 is 29.0 Å². The maximum Gasteiger partial charge on any atom is 0.310 e. The normalized spacial score (nSPS) is 12.9. The van der Waals surface area contributed by atoms with Crippen LogP contribution in [0.1, 0.15) is 21.5 Å². The predicted molar refractivity (Wildman–Crippen MR) is 138 cm³/mol. The Balaban J connectivity index is 1.56. The van der Waals surface area contributed by atoms with E-state index in [1.54, 1.807) is 26.4 Å². The van der Waals surface area contributed by atoms with Crippen molar-refractivity contribution >= 4 is 29.3 Å². The highest BCUT2D eigenvalue weighted by atomic mass is 35.5. The molecule has 1 aliphatic rings. The van der Waals surface area contributed by atoms with E-state index >= 15 is 0 Å². The van der Waals surface area contributed by atoms with Crippen LogP contribution in [0, 0.1) is 5.92 Å². The molecule has 198 valence electrons. The van der Waals surface area contributed by atoms with Crippen molar-refractivity contribution in [1.29, 1.82) is 0 Å². The van der Waals surface area contributed by atoms with Crippen LogP contribution in [0.2, 0.25) is 5.02 Å². The van der Waals surface area contributed by atoms with Gasteiger partial charge in [-0.2, -0.15) is 0 Å². The molecule has 1 fully saturated rings. The number of benzene rings is 3. The minimum Gasteiger partial charge on any atom is -0.497 e. The van der Waals surface area contributed by atoms with Gasteiger partial charge in [0.1, 0.15) is 24.7 Å². The molecule has 1 amide bonds. The number of aliphatic carboxylic acids is 1. The van der Waals surface area contributed by atoms with E-state index in [0.29, 0.717) is 17.2 Å². The van der Waals surface area contributed by atoms with Crippen molar-refractivity contribution in [2.75, 3.05) is 27.3 Å². The molecular weight excluding hydrogens is 514 g/mol. The Hall–Kier alpha value is -4.24. The molecule has 1 saturated heterocycles. The lowest BCUT2D eigenvalue weighted by Gasteiger charge is -2.36. The van der Waals surface area contributed by atoms with Gasteiger partial charge in [0, 0.05) is 13.1 Å². The zero-order valence-electron chi connectivity index (χ0n) is 20.8. The second-order valence-corrected chi connectivity index (χ2v) is 8.98. The third kappa shape index (κ3) is 6.00. The van der Waals surface area contributed by atoms with Crippen LogP contribution >= 0.6 is 11.6 Å². The second kappa shape index (κ2) is 11.9. The van der Waals surface area contributed by atoms with Gasteiger partial charge in [0.15, 0.2) is 11.5 Å². The van der Waals surface area contributed by atoms with Crippen molar-refractivity contribution in [3.05, 3.63) is 82.4 Å². The van der Waals surface area contributed by atoms with Gasteiger partial charge in [0.25, 0.3) is 11.7 Å². The fraction of sp³-hybridized carbons (Fsp3) is 0.250. The predicted octanol–water partition coefficient (Wildman–Crippen LogP) is 4.24. The van der Waals surface area contributed by atoms with Gasteiger partial charge in [-0.1, -0.05) is 35.9 Å². The summed E-state index contributed by atoms with van der Waals surface area (Å²) in [7, 11) is 3.16. The average Bonchev–Trinajstić information content (AvgIpc) is 2.90. The number of methoxy groups -OCH3 is 2. The number of rotatable bonds is 11. The van der Waals surface area contributed by atoms with E-state index in [9.17, 15) is 14.4 Å². The van der Waals surface area contributed by atoms with Crippen molar-refractivity contribution in [3.8, 4) is 23.0 Å². The van der Waals surface area contributed by atoms with Gasteiger partial charge >= 0.3 is 5.97 Å². The number of hydrogen-bond acceptors (Lipinski definition) is 7. The Morgan fingerprint density at radius 1 is 0.842 bits per heavy atom. The lowest BCUT2D eigenvalue weighted by Crippen LogP contribution is -2.55. The summed E-state index contributed by atoms with van der Waals surface area (Å²) in [4.78, 5) is 37.9. The van der Waals surface area contributed by atoms with Gasteiger partial charge in [-0.3, -0.25) is 14.4 Å². The third-order valence-corrected chi connectivity index (χ3v) is 6.49. The molecule has 3 aromatic carbocycles. The first-order chi connectivity index (χ1) is 18.3. The molecule has 10 heteroatoms. The van der Waals surface area contributed by atoms with Gasteiger partial charge in [-0.05, 0) is 47.5 Å². The van der Waals surface area contributed by atoms with Crippen molar-refractivity contribution in [2.45, 2.75) is 13.2 Å². The number of ether oxygens (including phenoxy) is 4. The standard InChI is InChI=1S/C28H26ClNO8/c1-35-20-7-3-17(4-8-20)15-37-23-12-11-22(25(31)27(32)30-13-19(14-30)28(33)34)24(29)26(23)38-16-18-5-9-21(36-2)10-6-18/h3-12,19H,13-16H2,1-2H3,(H,33,34). The van der Waals surface area contributed by atoms with E-state index in [1.165, 1.54) is 17.0 Å². The van der Waals surface area contributed by atoms with E-state index in [2.05, 4.69) is 0 Å². The minimum atomic E-state index is -1.01. The average molecular weight is 540 g/mol. The van der Waals surface area contributed by atoms with Gasteiger partial charge in [-0.15, -0.1) is 0 Å². The number of Topliss-reactive ketones (excluding diaryl/α,β-unsaturated/α-hetero) is 1.